The molecule has 0 aromatic heterocycles. The van der Waals surface area contributed by atoms with E-state index in [1.54, 1.807) is 0 Å². The van der Waals surface area contributed by atoms with Crippen molar-refractivity contribution < 1.29 is 9.47 Å². The number of morpholine rings is 1. The number of rotatable bonds is 4. The Bertz CT molecular complexity index is 521. The number of ether oxygens (including phenoxy) is 2. The van der Waals surface area contributed by atoms with Gasteiger partial charge in [-0.1, -0.05) is 11.8 Å². The average Bonchev–Trinajstić information content (AvgIpc) is 2.47. The molecule has 0 amide bonds. The zero-order valence-electron chi connectivity index (χ0n) is 12.7. The van der Waals surface area contributed by atoms with Crippen molar-refractivity contribution in [1.29, 1.82) is 0 Å². The first-order chi connectivity index (χ1) is 10.2. The average molecular weight is 308 g/mol. The molecule has 1 fully saturated rings. The number of aryl methyl sites for hydroxylation is 1. The summed E-state index contributed by atoms with van der Waals surface area (Å²) >= 11 is 5.62. The fraction of sp³-hybridized carbons (Fsp3) is 0.529. The maximum absolute atomic E-state index is 5.83. The van der Waals surface area contributed by atoms with Crippen LogP contribution in [0.5, 0.6) is 5.75 Å². The quantitative estimate of drug-likeness (QED) is 0.630. The summed E-state index contributed by atoms with van der Waals surface area (Å²) in [6.45, 7) is 5.31. The van der Waals surface area contributed by atoms with Crippen molar-refractivity contribution in [2.45, 2.75) is 19.4 Å². The molecule has 1 atom stereocenters. The second kappa shape index (κ2) is 8.29. The zero-order valence-corrected chi connectivity index (χ0v) is 13.4. The molecule has 0 spiro atoms. The third kappa shape index (κ3) is 5.24. The van der Waals surface area contributed by atoms with Gasteiger partial charge in [-0.05, 0) is 37.7 Å². The molecule has 1 saturated heterocycles. The van der Waals surface area contributed by atoms with E-state index >= 15 is 0 Å². The van der Waals surface area contributed by atoms with Crippen LogP contribution in [0.15, 0.2) is 18.2 Å². The second-order valence-electron chi connectivity index (χ2n) is 5.28. The van der Waals surface area contributed by atoms with Crippen molar-refractivity contribution >= 4 is 11.6 Å². The lowest BCUT2D eigenvalue weighted by Crippen LogP contribution is -2.42. The molecule has 1 aromatic carbocycles. The van der Waals surface area contributed by atoms with E-state index in [1.807, 2.05) is 25.1 Å². The molecule has 1 aliphatic heterocycles. The number of nitrogens with zero attached hydrogens (tertiary/aromatic N) is 1. The molecule has 0 bridgehead atoms. The Kier molecular flexibility index (Phi) is 6.38. The maximum Gasteiger partial charge on any atom is 0.119 e. The van der Waals surface area contributed by atoms with Crippen molar-refractivity contribution in [3.63, 3.8) is 0 Å². The van der Waals surface area contributed by atoms with Crippen LogP contribution in [0.4, 0.5) is 0 Å². The Morgan fingerprint density at radius 1 is 1.48 bits per heavy atom. The third-order valence-electron chi connectivity index (χ3n) is 3.42. The molecule has 1 aromatic rings. The molecule has 1 aliphatic rings. The van der Waals surface area contributed by atoms with Crippen LogP contribution in [-0.4, -0.2) is 50.2 Å². The van der Waals surface area contributed by atoms with Crippen LogP contribution in [0.3, 0.4) is 0 Å². The van der Waals surface area contributed by atoms with Gasteiger partial charge in [-0.3, -0.25) is 0 Å². The SMILES string of the molecule is Cc1cc(OCC2CN(C)CCO2)ccc1C#CCCCl. The Morgan fingerprint density at radius 2 is 2.33 bits per heavy atom. The number of likely N-dealkylation sites (N-methyl/N-ethyl adjacent to an activating group) is 1. The number of hydrogen-bond acceptors (Lipinski definition) is 3. The molecule has 0 saturated carbocycles. The van der Waals surface area contributed by atoms with Crippen LogP contribution in [0.1, 0.15) is 17.5 Å². The van der Waals surface area contributed by atoms with Crippen LogP contribution in [0.2, 0.25) is 0 Å². The van der Waals surface area contributed by atoms with Gasteiger partial charge in [0.1, 0.15) is 18.5 Å². The molecule has 21 heavy (non-hydrogen) atoms. The van der Waals surface area contributed by atoms with Gasteiger partial charge in [0.15, 0.2) is 0 Å². The summed E-state index contributed by atoms with van der Waals surface area (Å²) in [6, 6.07) is 5.99. The Labute approximate surface area is 132 Å². The van der Waals surface area contributed by atoms with Gasteiger partial charge in [0.05, 0.1) is 6.61 Å². The summed E-state index contributed by atoms with van der Waals surface area (Å²) in [7, 11) is 2.11. The predicted molar refractivity (Wildman–Crippen MR) is 86.1 cm³/mol. The van der Waals surface area contributed by atoms with E-state index in [4.69, 9.17) is 21.1 Å². The highest BCUT2D eigenvalue weighted by atomic mass is 35.5. The minimum atomic E-state index is 0.146. The van der Waals surface area contributed by atoms with Crippen LogP contribution in [0.25, 0.3) is 0 Å². The van der Waals surface area contributed by atoms with Crippen molar-refractivity contribution in [2.75, 3.05) is 39.2 Å². The van der Waals surface area contributed by atoms with E-state index in [1.165, 1.54) is 0 Å². The first-order valence-electron chi connectivity index (χ1n) is 7.27. The molecule has 1 heterocycles. The molecular weight excluding hydrogens is 286 g/mol. The fourth-order valence-electron chi connectivity index (χ4n) is 2.23. The van der Waals surface area contributed by atoms with Crippen molar-refractivity contribution in [3.8, 4) is 17.6 Å². The van der Waals surface area contributed by atoms with Gasteiger partial charge in [0.2, 0.25) is 0 Å². The fourth-order valence-corrected chi connectivity index (χ4v) is 2.32. The van der Waals surface area contributed by atoms with Gasteiger partial charge in [-0.2, -0.15) is 0 Å². The van der Waals surface area contributed by atoms with Gasteiger partial charge in [0.25, 0.3) is 0 Å². The lowest BCUT2D eigenvalue weighted by molar-refractivity contribution is -0.0403. The summed E-state index contributed by atoms with van der Waals surface area (Å²) in [6.07, 6.45) is 0.860. The first-order valence-corrected chi connectivity index (χ1v) is 7.81. The van der Waals surface area contributed by atoms with Gasteiger partial charge in [0, 0.05) is 31.0 Å². The minimum Gasteiger partial charge on any atom is -0.491 e. The highest BCUT2D eigenvalue weighted by molar-refractivity contribution is 6.18. The highest BCUT2D eigenvalue weighted by Crippen LogP contribution is 2.17. The molecule has 1 unspecified atom stereocenters. The van der Waals surface area contributed by atoms with E-state index in [9.17, 15) is 0 Å². The standard InChI is InChI=1S/C17H22ClNO2/c1-14-11-16(7-6-15(14)5-3-4-8-18)21-13-17-12-19(2)9-10-20-17/h6-7,11,17H,4,8-10,12-13H2,1-2H3. The van der Waals surface area contributed by atoms with Crippen molar-refractivity contribution in [2.24, 2.45) is 0 Å². The summed E-state index contributed by atoms with van der Waals surface area (Å²) in [4.78, 5) is 2.26. The third-order valence-corrected chi connectivity index (χ3v) is 3.61. The Balaban J connectivity index is 1.90. The van der Waals surface area contributed by atoms with Crippen LogP contribution >= 0.6 is 11.6 Å². The lowest BCUT2D eigenvalue weighted by atomic mass is 10.1. The maximum atomic E-state index is 5.83. The summed E-state index contributed by atoms with van der Waals surface area (Å²) < 4.78 is 11.5. The summed E-state index contributed by atoms with van der Waals surface area (Å²) in [5.41, 5.74) is 2.15. The second-order valence-corrected chi connectivity index (χ2v) is 5.66. The van der Waals surface area contributed by atoms with E-state index in [-0.39, 0.29) is 6.10 Å². The van der Waals surface area contributed by atoms with E-state index < -0.39 is 0 Å². The predicted octanol–water partition coefficient (Wildman–Crippen LogP) is 2.68. The van der Waals surface area contributed by atoms with Gasteiger partial charge in [-0.25, -0.2) is 0 Å². The Hall–Kier alpha value is -1.21. The largest absolute Gasteiger partial charge is 0.491 e. The molecule has 3 nitrogen and oxygen atoms in total. The molecule has 0 radical (unpaired) electrons. The van der Waals surface area contributed by atoms with Gasteiger partial charge >= 0.3 is 0 Å². The molecule has 0 N–H and O–H groups in total. The van der Waals surface area contributed by atoms with Crippen molar-refractivity contribution in [1.82, 2.24) is 4.90 Å². The Morgan fingerprint density at radius 3 is 3.05 bits per heavy atom. The van der Waals surface area contributed by atoms with Gasteiger partial charge in [-0.15, -0.1) is 11.6 Å². The number of alkyl halides is 1. The number of benzene rings is 1. The lowest BCUT2D eigenvalue weighted by Gasteiger charge is -2.29. The monoisotopic (exact) mass is 307 g/mol. The van der Waals surface area contributed by atoms with E-state index in [2.05, 4.69) is 23.8 Å². The minimum absolute atomic E-state index is 0.146. The smallest absolute Gasteiger partial charge is 0.119 e. The summed E-state index contributed by atoms with van der Waals surface area (Å²) in [5.74, 6) is 7.62. The van der Waals surface area contributed by atoms with E-state index in [0.717, 1.165) is 36.6 Å². The normalized spacial score (nSPS) is 18.9. The van der Waals surface area contributed by atoms with E-state index in [0.29, 0.717) is 18.9 Å². The highest BCUT2D eigenvalue weighted by Gasteiger charge is 2.18. The molecule has 114 valence electrons. The van der Waals surface area contributed by atoms with Crippen molar-refractivity contribution in [3.05, 3.63) is 29.3 Å². The topological polar surface area (TPSA) is 21.7 Å². The molecular formula is C17H22ClNO2. The number of hydrogen-bond donors (Lipinski definition) is 0. The zero-order chi connectivity index (χ0) is 15.1. The first kappa shape index (κ1) is 16.2. The van der Waals surface area contributed by atoms with Crippen LogP contribution in [0, 0.1) is 18.8 Å². The van der Waals surface area contributed by atoms with Crippen LogP contribution < -0.4 is 4.74 Å². The number of halogens is 1. The summed E-state index contributed by atoms with van der Waals surface area (Å²) in [5, 5.41) is 0. The van der Waals surface area contributed by atoms with Crippen LogP contribution in [-0.2, 0) is 4.74 Å². The van der Waals surface area contributed by atoms with Gasteiger partial charge < -0.3 is 14.4 Å². The molecule has 4 heteroatoms. The molecule has 0 aliphatic carbocycles. The molecule has 2 rings (SSSR count).